The molecule has 1 fully saturated rings. The molecule has 116 valence electrons. The first-order chi connectivity index (χ1) is 9.61. The molecule has 1 aliphatic rings. The van der Waals surface area contributed by atoms with Crippen LogP contribution < -0.4 is 5.32 Å². The van der Waals surface area contributed by atoms with E-state index >= 15 is 0 Å². The van der Waals surface area contributed by atoms with Gasteiger partial charge in [-0.1, -0.05) is 12.8 Å². The Bertz CT molecular complexity index is 304. The molecule has 1 saturated heterocycles. The van der Waals surface area contributed by atoms with Gasteiger partial charge in [0.15, 0.2) is 0 Å². The summed E-state index contributed by atoms with van der Waals surface area (Å²) >= 11 is 0. The second-order valence-corrected chi connectivity index (χ2v) is 5.24. The number of amides is 2. The van der Waals surface area contributed by atoms with E-state index in [1.165, 1.54) is 0 Å². The molecule has 6 nitrogen and oxygen atoms in total. The second kappa shape index (κ2) is 9.58. The van der Waals surface area contributed by atoms with Gasteiger partial charge in [0.25, 0.3) is 0 Å². The summed E-state index contributed by atoms with van der Waals surface area (Å²) in [4.78, 5) is 24.0. The van der Waals surface area contributed by atoms with Crippen LogP contribution in [-0.2, 0) is 9.53 Å². The summed E-state index contributed by atoms with van der Waals surface area (Å²) in [7, 11) is 1.83. The lowest BCUT2D eigenvalue weighted by Gasteiger charge is -2.31. The highest BCUT2D eigenvalue weighted by Gasteiger charge is 2.21. The molecule has 20 heavy (non-hydrogen) atoms. The largest absolute Gasteiger partial charge is 0.481 e. The smallest absolute Gasteiger partial charge is 0.317 e. The SMILES string of the molecule is CN(C(=O)NCCCCCCC(=O)O)C1CCOCC1. The first kappa shape index (κ1) is 16.8. The van der Waals surface area contributed by atoms with Crippen molar-refractivity contribution in [3.8, 4) is 0 Å². The molecule has 0 aromatic carbocycles. The number of carbonyl (C=O) groups excluding carboxylic acids is 1. The molecule has 0 aromatic heterocycles. The Morgan fingerprint density at radius 2 is 1.85 bits per heavy atom. The highest BCUT2D eigenvalue weighted by atomic mass is 16.5. The fraction of sp³-hybridized carbons (Fsp3) is 0.857. The van der Waals surface area contributed by atoms with E-state index in [0.717, 1.165) is 45.3 Å². The third-order valence-corrected chi connectivity index (χ3v) is 3.65. The Hall–Kier alpha value is -1.30. The zero-order valence-electron chi connectivity index (χ0n) is 12.3. The zero-order valence-corrected chi connectivity index (χ0v) is 12.3. The number of carbonyl (C=O) groups is 2. The molecule has 0 bridgehead atoms. The molecule has 6 heteroatoms. The number of ether oxygens (including phenoxy) is 1. The fourth-order valence-corrected chi connectivity index (χ4v) is 2.31. The zero-order chi connectivity index (χ0) is 14.8. The number of nitrogens with one attached hydrogen (secondary N) is 1. The van der Waals surface area contributed by atoms with E-state index in [1.807, 2.05) is 7.05 Å². The fourth-order valence-electron chi connectivity index (χ4n) is 2.31. The van der Waals surface area contributed by atoms with Crippen LogP contribution in [0.3, 0.4) is 0 Å². The van der Waals surface area contributed by atoms with Gasteiger partial charge in [0.1, 0.15) is 0 Å². The standard InChI is InChI=1S/C14H26N2O4/c1-16(12-7-10-20-11-8-12)14(19)15-9-5-3-2-4-6-13(17)18/h12H,2-11H2,1H3,(H,15,19)(H,17,18). The quantitative estimate of drug-likeness (QED) is 0.667. The molecule has 1 aliphatic heterocycles. The van der Waals surface area contributed by atoms with Crippen LogP contribution in [0.25, 0.3) is 0 Å². The molecule has 2 amide bonds. The summed E-state index contributed by atoms with van der Waals surface area (Å²) in [5.74, 6) is -0.739. The van der Waals surface area contributed by atoms with Crippen LogP contribution >= 0.6 is 0 Å². The van der Waals surface area contributed by atoms with Gasteiger partial charge in [-0.05, 0) is 25.7 Å². The highest BCUT2D eigenvalue weighted by Crippen LogP contribution is 2.12. The molecule has 1 heterocycles. The summed E-state index contributed by atoms with van der Waals surface area (Å²) < 4.78 is 5.28. The van der Waals surface area contributed by atoms with Crippen LogP contribution in [-0.4, -0.2) is 54.9 Å². The molecule has 0 aromatic rings. The Labute approximate surface area is 120 Å². The monoisotopic (exact) mass is 286 g/mol. The van der Waals surface area contributed by atoms with Gasteiger partial charge in [-0.15, -0.1) is 0 Å². The number of rotatable bonds is 8. The Morgan fingerprint density at radius 3 is 2.50 bits per heavy atom. The second-order valence-electron chi connectivity index (χ2n) is 5.24. The van der Waals surface area contributed by atoms with E-state index in [4.69, 9.17) is 9.84 Å². The Morgan fingerprint density at radius 1 is 1.20 bits per heavy atom. The molecule has 0 unspecified atom stereocenters. The van der Waals surface area contributed by atoms with Crippen LogP contribution in [0.15, 0.2) is 0 Å². The van der Waals surface area contributed by atoms with Crippen LogP contribution in [0, 0.1) is 0 Å². The van der Waals surface area contributed by atoms with Gasteiger partial charge in [-0.3, -0.25) is 4.79 Å². The Balaban J connectivity index is 2.03. The topological polar surface area (TPSA) is 78.9 Å². The van der Waals surface area contributed by atoms with Crippen LogP contribution in [0.4, 0.5) is 4.79 Å². The Kier molecular flexibility index (Phi) is 8.02. The van der Waals surface area contributed by atoms with E-state index in [0.29, 0.717) is 13.0 Å². The summed E-state index contributed by atoms with van der Waals surface area (Å²) in [6.07, 6.45) is 5.50. The van der Waals surface area contributed by atoms with Crippen molar-refractivity contribution in [1.29, 1.82) is 0 Å². The predicted octanol–water partition coefficient (Wildman–Crippen LogP) is 1.84. The molecule has 1 rings (SSSR count). The first-order valence-corrected chi connectivity index (χ1v) is 7.41. The van der Waals surface area contributed by atoms with Gasteiger partial charge in [0, 0.05) is 39.3 Å². The van der Waals surface area contributed by atoms with Crippen molar-refractivity contribution in [2.75, 3.05) is 26.8 Å². The summed E-state index contributed by atoms with van der Waals surface area (Å²) in [6.45, 7) is 2.11. The van der Waals surface area contributed by atoms with E-state index in [2.05, 4.69) is 5.32 Å². The number of hydrogen-bond acceptors (Lipinski definition) is 3. The predicted molar refractivity (Wildman–Crippen MR) is 75.7 cm³/mol. The minimum absolute atomic E-state index is 0.0255. The van der Waals surface area contributed by atoms with Crippen LogP contribution in [0.5, 0.6) is 0 Å². The third-order valence-electron chi connectivity index (χ3n) is 3.65. The lowest BCUT2D eigenvalue weighted by Crippen LogP contribution is -2.46. The van der Waals surface area contributed by atoms with E-state index < -0.39 is 5.97 Å². The maximum Gasteiger partial charge on any atom is 0.317 e. The van der Waals surface area contributed by atoms with Gasteiger partial charge in [0.05, 0.1) is 0 Å². The number of urea groups is 1. The van der Waals surface area contributed by atoms with Gasteiger partial charge < -0.3 is 20.1 Å². The van der Waals surface area contributed by atoms with Gasteiger partial charge in [-0.25, -0.2) is 4.79 Å². The maximum absolute atomic E-state index is 11.9. The van der Waals surface area contributed by atoms with Crippen molar-refractivity contribution in [2.24, 2.45) is 0 Å². The third kappa shape index (κ3) is 6.75. The number of carboxylic acids is 1. The van der Waals surface area contributed by atoms with Crippen molar-refractivity contribution in [3.05, 3.63) is 0 Å². The number of hydrogen-bond donors (Lipinski definition) is 2. The number of aliphatic carboxylic acids is 1. The average molecular weight is 286 g/mol. The van der Waals surface area contributed by atoms with Crippen molar-refractivity contribution in [3.63, 3.8) is 0 Å². The van der Waals surface area contributed by atoms with Crippen molar-refractivity contribution in [2.45, 2.75) is 51.0 Å². The molecule has 0 radical (unpaired) electrons. The van der Waals surface area contributed by atoms with Gasteiger partial charge >= 0.3 is 12.0 Å². The normalized spacial score (nSPS) is 15.8. The minimum Gasteiger partial charge on any atom is -0.481 e. The van der Waals surface area contributed by atoms with E-state index in [1.54, 1.807) is 4.90 Å². The van der Waals surface area contributed by atoms with Gasteiger partial charge in [0.2, 0.25) is 0 Å². The number of unbranched alkanes of at least 4 members (excludes halogenated alkanes) is 3. The van der Waals surface area contributed by atoms with E-state index in [9.17, 15) is 9.59 Å². The van der Waals surface area contributed by atoms with E-state index in [-0.39, 0.29) is 18.5 Å². The van der Waals surface area contributed by atoms with Crippen molar-refractivity contribution < 1.29 is 19.4 Å². The van der Waals surface area contributed by atoms with Crippen LogP contribution in [0.1, 0.15) is 44.9 Å². The summed E-state index contributed by atoms with van der Waals surface area (Å²) in [5.41, 5.74) is 0. The molecule has 0 aliphatic carbocycles. The lowest BCUT2D eigenvalue weighted by molar-refractivity contribution is -0.137. The number of nitrogens with zero attached hydrogens (tertiary/aromatic N) is 1. The van der Waals surface area contributed by atoms with Gasteiger partial charge in [-0.2, -0.15) is 0 Å². The lowest BCUT2D eigenvalue weighted by atomic mass is 10.1. The highest BCUT2D eigenvalue weighted by molar-refractivity contribution is 5.74. The van der Waals surface area contributed by atoms with Crippen molar-refractivity contribution in [1.82, 2.24) is 10.2 Å². The molecular weight excluding hydrogens is 260 g/mol. The van der Waals surface area contributed by atoms with Crippen molar-refractivity contribution >= 4 is 12.0 Å². The summed E-state index contributed by atoms with van der Waals surface area (Å²) in [5, 5.41) is 11.4. The first-order valence-electron chi connectivity index (χ1n) is 7.41. The number of carboxylic acid groups (broad SMARTS) is 1. The molecular formula is C14H26N2O4. The molecule has 0 spiro atoms. The molecule has 2 N–H and O–H groups in total. The minimum atomic E-state index is -0.739. The molecule has 0 saturated carbocycles. The average Bonchev–Trinajstić information content (AvgIpc) is 2.45. The van der Waals surface area contributed by atoms with Crippen LogP contribution in [0.2, 0.25) is 0 Å². The maximum atomic E-state index is 11.9. The summed E-state index contributed by atoms with van der Waals surface area (Å²) in [6, 6.07) is 0.252. The molecule has 0 atom stereocenters.